The van der Waals surface area contributed by atoms with Gasteiger partial charge in [0.15, 0.2) is 0 Å². The number of nitrogens with zero attached hydrogens (tertiary/aromatic N) is 2. The number of nitro benzene ring substituents is 1. The summed E-state index contributed by atoms with van der Waals surface area (Å²) in [7, 11) is 0. The lowest BCUT2D eigenvalue weighted by atomic mass is 10.0. The van der Waals surface area contributed by atoms with Crippen molar-refractivity contribution < 1.29 is 9.72 Å². The second kappa shape index (κ2) is 7.56. The van der Waals surface area contributed by atoms with Crippen LogP contribution in [0.5, 0.6) is 0 Å². The van der Waals surface area contributed by atoms with E-state index in [4.69, 9.17) is 11.6 Å². The second-order valence-electron chi connectivity index (χ2n) is 5.51. The van der Waals surface area contributed by atoms with Crippen molar-refractivity contribution in [2.75, 3.05) is 19.6 Å². The topological polar surface area (TPSA) is 75.5 Å². The number of halogens is 1. The summed E-state index contributed by atoms with van der Waals surface area (Å²) in [5.74, 6) is -0.405. The minimum atomic E-state index is -0.579. The van der Waals surface area contributed by atoms with Crippen molar-refractivity contribution in [1.82, 2.24) is 10.2 Å². The Labute approximate surface area is 134 Å². The lowest BCUT2D eigenvalue weighted by molar-refractivity contribution is -0.385. The first-order valence-corrected chi connectivity index (χ1v) is 7.86. The number of rotatable bonds is 5. The summed E-state index contributed by atoms with van der Waals surface area (Å²) in [5, 5.41) is 14.2. The van der Waals surface area contributed by atoms with Gasteiger partial charge < -0.3 is 10.2 Å². The smallest absolute Gasteiger partial charge is 0.283 e. The average molecular weight is 326 g/mol. The predicted octanol–water partition coefficient (Wildman–Crippen LogP) is 2.85. The normalized spacial score (nSPS) is 16.5. The molecule has 0 spiro atoms. The van der Waals surface area contributed by atoms with Crippen LogP contribution < -0.4 is 5.32 Å². The molecule has 1 aromatic rings. The van der Waals surface area contributed by atoms with Gasteiger partial charge in [0.1, 0.15) is 5.56 Å². The molecule has 0 radical (unpaired) electrons. The highest BCUT2D eigenvalue weighted by atomic mass is 35.5. The van der Waals surface area contributed by atoms with Crippen molar-refractivity contribution in [2.45, 2.75) is 32.2 Å². The van der Waals surface area contributed by atoms with E-state index in [9.17, 15) is 14.9 Å². The van der Waals surface area contributed by atoms with Crippen LogP contribution in [0.3, 0.4) is 0 Å². The predicted molar refractivity (Wildman–Crippen MR) is 85.3 cm³/mol. The van der Waals surface area contributed by atoms with Crippen LogP contribution in [0.25, 0.3) is 0 Å². The number of carbonyl (C=O) groups is 1. The Morgan fingerprint density at radius 3 is 2.73 bits per heavy atom. The van der Waals surface area contributed by atoms with Gasteiger partial charge in [-0.2, -0.15) is 0 Å². The second-order valence-corrected chi connectivity index (χ2v) is 5.94. The van der Waals surface area contributed by atoms with Crippen molar-refractivity contribution in [2.24, 2.45) is 0 Å². The fourth-order valence-corrected chi connectivity index (χ4v) is 2.89. The molecule has 7 heteroatoms. The first kappa shape index (κ1) is 16.7. The molecule has 22 heavy (non-hydrogen) atoms. The highest BCUT2D eigenvalue weighted by Gasteiger charge is 2.25. The Kier molecular flexibility index (Phi) is 5.74. The zero-order chi connectivity index (χ0) is 16.1. The molecular formula is C15H20ClN3O3. The third-order valence-corrected chi connectivity index (χ3v) is 4.10. The van der Waals surface area contributed by atoms with Crippen LogP contribution in [0.15, 0.2) is 18.2 Å². The third kappa shape index (κ3) is 4.18. The number of nitrogens with one attached hydrogen (secondary N) is 1. The van der Waals surface area contributed by atoms with Crippen LogP contribution >= 0.6 is 11.6 Å². The van der Waals surface area contributed by atoms with Crippen molar-refractivity contribution in [3.63, 3.8) is 0 Å². The van der Waals surface area contributed by atoms with E-state index in [1.54, 1.807) is 0 Å². The van der Waals surface area contributed by atoms with Crippen LogP contribution in [0.2, 0.25) is 5.02 Å². The summed E-state index contributed by atoms with van der Waals surface area (Å²) < 4.78 is 0. The van der Waals surface area contributed by atoms with Gasteiger partial charge in [-0.15, -0.1) is 0 Å². The van der Waals surface area contributed by atoms with E-state index in [-0.39, 0.29) is 22.3 Å². The number of carbonyl (C=O) groups excluding carboxylic acids is 1. The zero-order valence-electron chi connectivity index (χ0n) is 12.5. The van der Waals surface area contributed by atoms with Crippen molar-refractivity contribution in [1.29, 1.82) is 0 Å². The highest BCUT2D eigenvalue weighted by Crippen LogP contribution is 2.23. The molecule has 0 unspecified atom stereocenters. The Balaban J connectivity index is 2.00. The minimum Gasteiger partial charge on any atom is -0.349 e. The maximum absolute atomic E-state index is 12.3. The molecule has 1 aliphatic rings. The molecular weight excluding hydrogens is 306 g/mol. The maximum atomic E-state index is 12.3. The molecule has 1 fully saturated rings. The van der Waals surface area contributed by atoms with E-state index >= 15 is 0 Å². The molecule has 0 aliphatic carbocycles. The summed E-state index contributed by atoms with van der Waals surface area (Å²) in [6.45, 7) is 5.11. The summed E-state index contributed by atoms with van der Waals surface area (Å²) in [6.07, 6.45) is 2.86. The van der Waals surface area contributed by atoms with Gasteiger partial charge in [0.25, 0.3) is 11.6 Å². The van der Waals surface area contributed by atoms with Gasteiger partial charge in [-0.3, -0.25) is 14.9 Å². The lowest BCUT2D eigenvalue weighted by Gasteiger charge is -2.32. The molecule has 0 bridgehead atoms. The molecule has 0 atom stereocenters. The standard InChI is InChI=1S/C15H20ClN3O3/c1-2-7-18-8-5-12(6-9-18)17-15(20)13-4-3-11(16)10-14(13)19(21)22/h3-4,10,12H,2,5-9H2,1H3,(H,17,20). The number of hydrogen-bond acceptors (Lipinski definition) is 4. The summed E-state index contributed by atoms with van der Waals surface area (Å²) in [5.41, 5.74) is -0.196. The van der Waals surface area contributed by atoms with Gasteiger partial charge in [0.05, 0.1) is 4.92 Å². The molecule has 0 saturated carbocycles. The van der Waals surface area contributed by atoms with Crippen LogP contribution in [-0.4, -0.2) is 41.4 Å². The summed E-state index contributed by atoms with van der Waals surface area (Å²) >= 11 is 5.76. The van der Waals surface area contributed by atoms with E-state index in [1.165, 1.54) is 18.2 Å². The molecule has 2 rings (SSSR count). The van der Waals surface area contributed by atoms with Gasteiger partial charge >= 0.3 is 0 Å². The van der Waals surface area contributed by atoms with Gasteiger partial charge in [-0.1, -0.05) is 18.5 Å². The largest absolute Gasteiger partial charge is 0.349 e. The quantitative estimate of drug-likeness (QED) is 0.667. The van der Waals surface area contributed by atoms with E-state index in [0.717, 1.165) is 38.9 Å². The number of piperidine rings is 1. The molecule has 1 saturated heterocycles. The number of hydrogen-bond donors (Lipinski definition) is 1. The maximum Gasteiger partial charge on any atom is 0.283 e. The van der Waals surface area contributed by atoms with Crippen LogP contribution in [-0.2, 0) is 0 Å². The van der Waals surface area contributed by atoms with Crippen LogP contribution in [0, 0.1) is 10.1 Å². The Bertz CT molecular complexity index is 557. The fraction of sp³-hybridized carbons (Fsp3) is 0.533. The van der Waals surface area contributed by atoms with Gasteiger partial charge in [0.2, 0.25) is 0 Å². The zero-order valence-corrected chi connectivity index (χ0v) is 13.3. The van der Waals surface area contributed by atoms with Gasteiger partial charge in [-0.05, 0) is 37.9 Å². The molecule has 0 aromatic heterocycles. The van der Waals surface area contributed by atoms with Crippen molar-refractivity contribution >= 4 is 23.2 Å². The lowest BCUT2D eigenvalue weighted by Crippen LogP contribution is -2.44. The van der Waals surface area contributed by atoms with Gasteiger partial charge in [0, 0.05) is 30.2 Å². The number of nitro groups is 1. The van der Waals surface area contributed by atoms with Crippen LogP contribution in [0.4, 0.5) is 5.69 Å². The Morgan fingerprint density at radius 1 is 1.45 bits per heavy atom. The summed E-state index contributed by atoms with van der Waals surface area (Å²) in [6, 6.07) is 4.17. The Morgan fingerprint density at radius 2 is 2.14 bits per heavy atom. The minimum absolute atomic E-state index is 0.0605. The van der Waals surface area contributed by atoms with Gasteiger partial charge in [-0.25, -0.2) is 0 Å². The first-order chi connectivity index (χ1) is 10.5. The highest BCUT2D eigenvalue weighted by molar-refractivity contribution is 6.31. The number of likely N-dealkylation sites (tertiary alicyclic amines) is 1. The molecule has 1 amide bonds. The molecule has 1 aromatic carbocycles. The van der Waals surface area contributed by atoms with Crippen molar-refractivity contribution in [3.8, 4) is 0 Å². The van der Waals surface area contributed by atoms with E-state index in [2.05, 4.69) is 17.1 Å². The monoisotopic (exact) mass is 325 g/mol. The number of benzene rings is 1. The van der Waals surface area contributed by atoms with Crippen LogP contribution in [0.1, 0.15) is 36.5 Å². The number of amides is 1. The molecule has 6 nitrogen and oxygen atoms in total. The molecule has 1 N–H and O–H groups in total. The van der Waals surface area contributed by atoms with Crippen molar-refractivity contribution in [3.05, 3.63) is 38.9 Å². The SMILES string of the molecule is CCCN1CCC(NC(=O)c2ccc(Cl)cc2[N+](=O)[O-])CC1. The first-order valence-electron chi connectivity index (χ1n) is 7.48. The van der Waals surface area contributed by atoms with E-state index < -0.39 is 10.8 Å². The molecule has 1 aliphatic heterocycles. The summed E-state index contributed by atoms with van der Waals surface area (Å²) in [4.78, 5) is 25.1. The van der Waals surface area contributed by atoms with E-state index in [0.29, 0.717) is 0 Å². The third-order valence-electron chi connectivity index (χ3n) is 3.86. The Hall–Kier alpha value is -1.66. The molecule has 1 heterocycles. The average Bonchev–Trinajstić information content (AvgIpc) is 2.49. The fourth-order valence-electron chi connectivity index (χ4n) is 2.73. The van der Waals surface area contributed by atoms with E-state index in [1.807, 2.05) is 0 Å². The molecule has 120 valence electrons.